The number of aliphatic hydroxyl groups excluding tert-OH is 1. The molecule has 5 heterocycles. The number of aromatic nitrogens is 5. The molecule has 206 valence electrons. The summed E-state index contributed by atoms with van der Waals surface area (Å²) in [7, 11) is 0. The highest BCUT2D eigenvalue weighted by Gasteiger charge is 2.29. The van der Waals surface area contributed by atoms with Gasteiger partial charge in [0.1, 0.15) is 5.56 Å². The number of anilines is 3. The van der Waals surface area contributed by atoms with Gasteiger partial charge in [-0.25, -0.2) is 4.68 Å². The molecule has 3 N–H and O–H groups in total. The number of morpholine rings is 1. The largest absolute Gasteiger partial charge is 0.403 e. The Morgan fingerprint density at radius 3 is 2.59 bits per heavy atom. The number of rotatable bonds is 6. The smallest absolute Gasteiger partial charge is 0.317 e. The van der Waals surface area contributed by atoms with Crippen molar-refractivity contribution in [3.8, 4) is 17.1 Å². The maximum Gasteiger partial charge on any atom is 0.317 e. The van der Waals surface area contributed by atoms with Gasteiger partial charge in [-0.05, 0) is 18.2 Å². The molecule has 2 atom stereocenters. The number of hydrogen-bond acceptors (Lipinski definition) is 11. The molecule has 0 radical (unpaired) electrons. The fourth-order valence-corrected chi connectivity index (χ4v) is 4.93. The third kappa shape index (κ3) is 5.01. The third-order valence-electron chi connectivity index (χ3n) is 6.94. The minimum absolute atomic E-state index is 0.120. The zero-order valence-corrected chi connectivity index (χ0v) is 22.0. The van der Waals surface area contributed by atoms with E-state index >= 15 is 0 Å². The number of nitrogens with zero attached hydrogens (tertiary/aromatic N) is 7. The molecule has 0 saturated carbocycles. The Morgan fingerprint density at radius 1 is 0.927 bits per heavy atom. The maximum atomic E-state index is 11.1. The number of para-hydroxylation sites is 1. The van der Waals surface area contributed by atoms with Crippen molar-refractivity contribution in [2.24, 2.45) is 4.99 Å². The summed E-state index contributed by atoms with van der Waals surface area (Å²) in [5, 5.41) is 30.7. The molecule has 41 heavy (non-hydrogen) atoms. The number of pyridine rings is 1. The van der Waals surface area contributed by atoms with Crippen molar-refractivity contribution in [2.75, 3.05) is 41.8 Å². The standard InChI is InChI=1S/C29H27N9O3/c39-27-25(32-24(19-7-2-1-3-8-19)21-10-4-5-11-23(21)31-27)33-29-35-34-28(41-29)22-18-38(20-9-6-12-30-17-20)36-26(22)37-13-15-40-16-14-37/h1-12,17-18,25,27,31,39H,13-16H2,(H,33,35)/t25-,27?/m1/s1. The van der Waals surface area contributed by atoms with Crippen LogP contribution in [0.3, 0.4) is 0 Å². The molecule has 5 aromatic rings. The lowest BCUT2D eigenvalue weighted by Gasteiger charge is -2.27. The Balaban J connectivity index is 1.22. The molecule has 12 heteroatoms. The van der Waals surface area contributed by atoms with Gasteiger partial charge >= 0.3 is 6.01 Å². The molecule has 1 saturated heterocycles. The SMILES string of the molecule is OC1Nc2ccccc2C(c2ccccc2)=N[C@@H]1Nc1nnc(-c2cn(-c3cccnc3)nc2N2CCOCC2)o1. The molecule has 2 aliphatic rings. The summed E-state index contributed by atoms with van der Waals surface area (Å²) in [5.74, 6) is 0.999. The average Bonchev–Trinajstić information content (AvgIpc) is 3.65. The van der Waals surface area contributed by atoms with Crippen molar-refractivity contribution in [1.82, 2.24) is 25.0 Å². The van der Waals surface area contributed by atoms with E-state index in [0.29, 0.717) is 37.7 Å². The van der Waals surface area contributed by atoms with Crippen molar-refractivity contribution < 1.29 is 14.3 Å². The van der Waals surface area contributed by atoms with Crippen LogP contribution in [0.2, 0.25) is 0 Å². The van der Waals surface area contributed by atoms with Gasteiger partial charge in [-0.1, -0.05) is 53.6 Å². The monoisotopic (exact) mass is 549 g/mol. The molecule has 1 unspecified atom stereocenters. The molecule has 2 aromatic carbocycles. The summed E-state index contributed by atoms with van der Waals surface area (Å²) in [4.78, 5) is 11.2. The summed E-state index contributed by atoms with van der Waals surface area (Å²) in [6, 6.07) is 21.5. The first-order chi connectivity index (χ1) is 20.2. The van der Waals surface area contributed by atoms with E-state index in [9.17, 15) is 5.11 Å². The van der Waals surface area contributed by atoms with Crippen LogP contribution in [0, 0.1) is 0 Å². The summed E-state index contributed by atoms with van der Waals surface area (Å²) < 4.78 is 13.4. The second-order valence-electron chi connectivity index (χ2n) is 9.60. The Bertz CT molecular complexity index is 1660. The van der Waals surface area contributed by atoms with Crippen molar-refractivity contribution in [3.63, 3.8) is 0 Å². The highest BCUT2D eigenvalue weighted by molar-refractivity contribution is 6.16. The molecule has 1 fully saturated rings. The van der Waals surface area contributed by atoms with Gasteiger partial charge in [0.25, 0.3) is 5.89 Å². The fourth-order valence-electron chi connectivity index (χ4n) is 4.93. The van der Waals surface area contributed by atoms with E-state index in [-0.39, 0.29) is 11.9 Å². The van der Waals surface area contributed by atoms with Gasteiger partial charge in [-0.3, -0.25) is 9.98 Å². The van der Waals surface area contributed by atoms with Gasteiger partial charge in [0, 0.05) is 42.3 Å². The lowest BCUT2D eigenvalue weighted by Crippen LogP contribution is -2.37. The first-order valence-electron chi connectivity index (χ1n) is 13.3. The van der Waals surface area contributed by atoms with E-state index in [2.05, 4.69) is 30.7 Å². The molecule has 12 nitrogen and oxygen atoms in total. The van der Waals surface area contributed by atoms with Crippen LogP contribution in [0.5, 0.6) is 0 Å². The number of aliphatic hydroxyl groups is 1. The molecule has 0 amide bonds. The van der Waals surface area contributed by atoms with Gasteiger partial charge in [0.05, 0.1) is 30.8 Å². The van der Waals surface area contributed by atoms with E-state index in [4.69, 9.17) is 19.2 Å². The van der Waals surface area contributed by atoms with Crippen LogP contribution < -0.4 is 15.5 Å². The van der Waals surface area contributed by atoms with Crippen LogP contribution in [-0.2, 0) is 4.74 Å². The van der Waals surface area contributed by atoms with Gasteiger partial charge in [-0.15, -0.1) is 10.2 Å². The van der Waals surface area contributed by atoms with Crippen LogP contribution in [0.1, 0.15) is 11.1 Å². The fraction of sp³-hybridized carbons (Fsp3) is 0.207. The van der Waals surface area contributed by atoms with E-state index in [1.807, 2.05) is 72.9 Å². The van der Waals surface area contributed by atoms with Crippen LogP contribution in [0.25, 0.3) is 17.1 Å². The molecular formula is C29H27N9O3. The Morgan fingerprint density at radius 2 is 1.76 bits per heavy atom. The van der Waals surface area contributed by atoms with Crippen molar-refractivity contribution in [3.05, 3.63) is 96.4 Å². The number of benzene rings is 2. The van der Waals surface area contributed by atoms with Gasteiger partial charge in [0.2, 0.25) is 0 Å². The molecule has 0 bridgehead atoms. The Kier molecular flexibility index (Phi) is 6.59. The Labute approximate surface area is 235 Å². The number of nitrogens with one attached hydrogen (secondary N) is 2. The lowest BCUT2D eigenvalue weighted by molar-refractivity contribution is 0.122. The topological polar surface area (TPSA) is 139 Å². The summed E-state index contributed by atoms with van der Waals surface area (Å²) in [6.07, 6.45) is 3.42. The van der Waals surface area contributed by atoms with Crippen LogP contribution in [0.4, 0.5) is 17.5 Å². The second kappa shape index (κ2) is 10.8. The van der Waals surface area contributed by atoms with Crippen LogP contribution in [-0.4, -0.2) is 74.5 Å². The molecule has 7 rings (SSSR count). The number of hydrogen-bond donors (Lipinski definition) is 3. The highest BCUT2D eigenvalue weighted by atomic mass is 16.5. The summed E-state index contributed by atoms with van der Waals surface area (Å²) >= 11 is 0. The molecular weight excluding hydrogens is 522 g/mol. The van der Waals surface area contributed by atoms with Crippen molar-refractivity contribution >= 4 is 23.2 Å². The maximum absolute atomic E-state index is 11.1. The number of ether oxygens (including phenoxy) is 1. The quantitative estimate of drug-likeness (QED) is 0.289. The lowest BCUT2D eigenvalue weighted by atomic mass is 10.0. The predicted octanol–water partition coefficient (Wildman–Crippen LogP) is 3.17. The second-order valence-corrected chi connectivity index (χ2v) is 9.60. The minimum atomic E-state index is -1.06. The molecule has 0 aliphatic carbocycles. The normalized spacial score (nSPS) is 18.7. The van der Waals surface area contributed by atoms with Gasteiger partial charge < -0.3 is 29.8 Å². The summed E-state index contributed by atoms with van der Waals surface area (Å²) in [6.45, 7) is 2.58. The molecule has 0 spiro atoms. The number of aliphatic imine (C=N–C) groups is 1. The minimum Gasteiger partial charge on any atom is -0.403 e. The van der Waals surface area contributed by atoms with E-state index in [0.717, 1.165) is 28.2 Å². The van der Waals surface area contributed by atoms with Crippen LogP contribution in [0.15, 0.2) is 94.7 Å². The molecule has 2 aliphatic heterocycles. The number of benzodiazepines with no additional fused rings is 1. The van der Waals surface area contributed by atoms with E-state index in [1.54, 1.807) is 17.1 Å². The predicted molar refractivity (Wildman–Crippen MR) is 153 cm³/mol. The van der Waals surface area contributed by atoms with Gasteiger partial charge in [-0.2, -0.15) is 0 Å². The zero-order valence-electron chi connectivity index (χ0n) is 22.0. The first-order valence-corrected chi connectivity index (χ1v) is 13.3. The van der Waals surface area contributed by atoms with Gasteiger partial charge in [0.15, 0.2) is 18.2 Å². The summed E-state index contributed by atoms with van der Waals surface area (Å²) in [5.41, 5.74) is 4.79. The van der Waals surface area contributed by atoms with Crippen molar-refractivity contribution in [1.29, 1.82) is 0 Å². The Hall–Kier alpha value is -5.07. The zero-order chi connectivity index (χ0) is 27.6. The molecule has 3 aromatic heterocycles. The number of fused-ring (bicyclic) bond motifs is 1. The highest BCUT2D eigenvalue weighted by Crippen LogP contribution is 2.32. The third-order valence-corrected chi connectivity index (χ3v) is 6.94. The van der Waals surface area contributed by atoms with Crippen LogP contribution >= 0.6 is 0 Å². The average molecular weight is 550 g/mol. The van der Waals surface area contributed by atoms with E-state index in [1.165, 1.54) is 0 Å². The first kappa shape index (κ1) is 24.9. The van der Waals surface area contributed by atoms with E-state index < -0.39 is 12.4 Å². The van der Waals surface area contributed by atoms with Crippen molar-refractivity contribution in [2.45, 2.75) is 12.4 Å².